The van der Waals surface area contributed by atoms with Crippen LogP contribution >= 0.6 is 38.5 Å². The molecule has 0 N–H and O–H groups in total. The first-order valence-electron chi connectivity index (χ1n) is 2.52. The quantitative estimate of drug-likeness (QED) is 0.698. The minimum atomic E-state index is 1.23. The second-order valence-electron chi connectivity index (χ2n) is 1.63. The van der Waals surface area contributed by atoms with Gasteiger partial charge in [0.25, 0.3) is 0 Å². The van der Waals surface area contributed by atoms with Crippen LogP contribution in [0.5, 0.6) is 0 Å². The molecule has 0 bridgehead atoms. The largest absolute Gasteiger partial charge is 0.0822 e. The summed E-state index contributed by atoms with van der Waals surface area (Å²) in [6, 6.07) is 8.20. The molecule has 1 radical (unpaired) electrons. The Morgan fingerprint density at radius 2 is 2.00 bits per heavy atom. The molecule has 47 valence electrons. The fraction of sp³-hybridized carbons (Fsp3) is 0. The minimum absolute atomic E-state index is 1.23. The topological polar surface area (TPSA) is 0 Å². The summed E-state index contributed by atoms with van der Waals surface area (Å²) in [7, 11) is 0. The van der Waals surface area contributed by atoms with Gasteiger partial charge in [0.05, 0.1) is 5.33 Å². The number of hydrogen-bond acceptors (Lipinski definition) is 0. The van der Waals surface area contributed by atoms with E-state index in [-0.39, 0.29) is 0 Å². The van der Waals surface area contributed by atoms with Gasteiger partial charge in [0.1, 0.15) is 0 Å². The number of hydrogen-bond donors (Lipinski definition) is 0. The van der Waals surface area contributed by atoms with Gasteiger partial charge in [-0.05, 0) is 34.2 Å². The van der Waals surface area contributed by atoms with E-state index in [1.165, 1.54) is 9.13 Å². The predicted octanol–water partition coefficient (Wildman–Crippen LogP) is 3.20. The lowest BCUT2D eigenvalue weighted by Gasteiger charge is -1.95. The molecule has 0 aliphatic rings. The zero-order valence-electron chi connectivity index (χ0n) is 4.64. The highest BCUT2D eigenvalue weighted by Gasteiger charge is 1.92. The van der Waals surface area contributed by atoms with Crippen LogP contribution in [0.2, 0.25) is 0 Å². The van der Waals surface area contributed by atoms with Crippen molar-refractivity contribution in [2.45, 2.75) is 0 Å². The molecule has 0 aromatic heterocycles. The van der Waals surface area contributed by atoms with Crippen molar-refractivity contribution in [1.82, 2.24) is 0 Å². The fourth-order valence-corrected chi connectivity index (χ4v) is 1.93. The van der Waals surface area contributed by atoms with E-state index >= 15 is 0 Å². The number of rotatable bonds is 1. The summed E-state index contributed by atoms with van der Waals surface area (Å²) in [6.45, 7) is 0. The van der Waals surface area contributed by atoms with E-state index in [0.29, 0.717) is 0 Å². The van der Waals surface area contributed by atoms with E-state index in [9.17, 15) is 0 Å². The van der Waals surface area contributed by atoms with Crippen LogP contribution in [0.15, 0.2) is 24.3 Å². The molecule has 1 aromatic rings. The van der Waals surface area contributed by atoms with Gasteiger partial charge in [-0.2, -0.15) is 0 Å². The molecule has 1 rings (SSSR count). The van der Waals surface area contributed by atoms with Crippen LogP contribution in [0.3, 0.4) is 0 Å². The summed E-state index contributed by atoms with van der Waals surface area (Å²) in [5.74, 6) is 0. The van der Waals surface area contributed by atoms with Crippen LogP contribution in [0.25, 0.3) is 0 Å². The molecule has 0 saturated heterocycles. The van der Waals surface area contributed by atoms with Crippen molar-refractivity contribution in [2.24, 2.45) is 0 Å². The molecule has 0 nitrogen and oxygen atoms in total. The van der Waals surface area contributed by atoms with Crippen molar-refractivity contribution in [2.75, 3.05) is 0 Å². The van der Waals surface area contributed by atoms with E-state index in [4.69, 9.17) is 0 Å². The molecule has 0 atom stereocenters. The predicted molar refractivity (Wildman–Crippen MR) is 51.5 cm³/mol. The Balaban J connectivity index is 3.01. The third kappa shape index (κ3) is 1.93. The first-order valence-corrected chi connectivity index (χ1v) is 4.52. The maximum Gasteiger partial charge on any atom is 0.0572 e. The number of halogens is 2. The van der Waals surface area contributed by atoms with Crippen molar-refractivity contribution in [3.8, 4) is 0 Å². The van der Waals surface area contributed by atoms with E-state index < -0.39 is 0 Å². The molecular formula is C7H5BrI. The molecule has 0 aliphatic carbocycles. The van der Waals surface area contributed by atoms with Crippen LogP contribution < -0.4 is 0 Å². The Bertz CT molecular complexity index is 198. The average molecular weight is 296 g/mol. The van der Waals surface area contributed by atoms with Gasteiger partial charge in [-0.3, -0.25) is 0 Å². The first kappa shape index (κ1) is 7.54. The van der Waals surface area contributed by atoms with Gasteiger partial charge in [-0.15, -0.1) is 0 Å². The fourth-order valence-electron chi connectivity index (χ4n) is 0.564. The third-order valence-corrected chi connectivity index (χ3v) is 2.50. The second-order valence-corrected chi connectivity index (χ2v) is 3.25. The first-order chi connectivity index (χ1) is 4.34. The summed E-state index contributed by atoms with van der Waals surface area (Å²) in [6.07, 6.45) is 0. The average Bonchev–Trinajstić information content (AvgIpc) is 1.89. The Morgan fingerprint density at radius 3 is 2.44 bits per heavy atom. The smallest absolute Gasteiger partial charge is 0.0572 e. The maximum atomic E-state index is 3.28. The van der Waals surface area contributed by atoms with E-state index in [1.807, 2.05) is 17.5 Å². The zero-order valence-corrected chi connectivity index (χ0v) is 8.39. The van der Waals surface area contributed by atoms with Crippen LogP contribution in [0, 0.1) is 8.90 Å². The lowest BCUT2D eigenvalue weighted by Crippen LogP contribution is -1.78. The summed E-state index contributed by atoms with van der Waals surface area (Å²) < 4.78 is 1.27. The molecule has 0 aliphatic heterocycles. The highest BCUT2D eigenvalue weighted by Crippen LogP contribution is 2.15. The number of benzene rings is 1. The highest BCUT2D eigenvalue weighted by atomic mass is 127. The molecular weight excluding hydrogens is 291 g/mol. The second kappa shape index (κ2) is 3.56. The van der Waals surface area contributed by atoms with Gasteiger partial charge in [0.2, 0.25) is 0 Å². The van der Waals surface area contributed by atoms with E-state index in [2.05, 4.69) is 50.7 Å². The van der Waals surface area contributed by atoms with Gasteiger partial charge in [-0.25, -0.2) is 0 Å². The highest BCUT2D eigenvalue weighted by molar-refractivity contribution is 14.1. The monoisotopic (exact) mass is 295 g/mol. The normalized spacial score (nSPS) is 9.56. The summed E-state index contributed by atoms with van der Waals surface area (Å²) >= 11 is 5.58. The van der Waals surface area contributed by atoms with Gasteiger partial charge < -0.3 is 0 Å². The Morgan fingerprint density at radius 1 is 1.33 bits per heavy atom. The van der Waals surface area contributed by atoms with Gasteiger partial charge in [-0.1, -0.05) is 34.1 Å². The lowest BCUT2D eigenvalue weighted by molar-refractivity contribution is 1.54. The minimum Gasteiger partial charge on any atom is -0.0822 e. The van der Waals surface area contributed by atoms with Gasteiger partial charge >= 0.3 is 0 Å². The van der Waals surface area contributed by atoms with Gasteiger partial charge in [0, 0.05) is 3.57 Å². The van der Waals surface area contributed by atoms with Crippen LogP contribution in [0.1, 0.15) is 5.56 Å². The SMILES string of the molecule is Br[CH]c1ccccc1I. The maximum absolute atomic E-state index is 3.28. The Hall–Kier alpha value is 0.430. The molecule has 0 heterocycles. The van der Waals surface area contributed by atoms with E-state index in [1.54, 1.807) is 0 Å². The summed E-state index contributed by atoms with van der Waals surface area (Å²) in [5.41, 5.74) is 1.23. The molecule has 0 spiro atoms. The van der Waals surface area contributed by atoms with Crippen molar-refractivity contribution in [3.63, 3.8) is 0 Å². The molecule has 2 heteroatoms. The van der Waals surface area contributed by atoms with Crippen molar-refractivity contribution in [1.29, 1.82) is 0 Å². The van der Waals surface area contributed by atoms with Crippen molar-refractivity contribution >= 4 is 38.5 Å². The Kier molecular flexibility index (Phi) is 2.98. The summed E-state index contributed by atoms with van der Waals surface area (Å²) in [4.78, 5) is 0. The van der Waals surface area contributed by atoms with Gasteiger partial charge in [0.15, 0.2) is 0 Å². The lowest BCUT2D eigenvalue weighted by atomic mass is 10.2. The van der Waals surface area contributed by atoms with Crippen molar-refractivity contribution in [3.05, 3.63) is 38.7 Å². The molecule has 1 aromatic carbocycles. The standard InChI is InChI=1S/C7H5BrI/c8-5-6-3-1-2-4-7(6)9/h1-5H. The third-order valence-electron chi connectivity index (χ3n) is 1.02. The zero-order chi connectivity index (χ0) is 6.69. The molecule has 9 heavy (non-hydrogen) atoms. The van der Waals surface area contributed by atoms with Crippen LogP contribution in [-0.4, -0.2) is 0 Å². The van der Waals surface area contributed by atoms with Crippen molar-refractivity contribution < 1.29 is 0 Å². The molecule has 0 amide bonds. The van der Waals surface area contributed by atoms with Crippen LogP contribution in [0.4, 0.5) is 0 Å². The molecule has 0 saturated carbocycles. The van der Waals surface area contributed by atoms with E-state index in [0.717, 1.165) is 0 Å². The molecule has 0 fully saturated rings. The Labute approximate surface area is 76.9 Å². The molecule has 0 unspecified atom stereocenters. The van der Waals surface area contributed by atoms with Crippen LogP contribution in [-0.2, 0) is 0 Å². The summed E-state index contributed by atoms with van der Waals surface area (Å²) in [5, 5.41) is 1.93.